The Kier molecular flexibility index (Phi) is 12.9. The van der Waals surface area contributed by atoms with Crippen molar-refractivity contribution in [2.45, 2.75) is 79.7 Å². The molecule has 198 valence electrons. The molecule has 2 rings (SSSR count). The van der Waals surface area contributed by atoms with Gasteiger partial charge in [0.05, 0.1) is 26.4 Å². The summed E-state index contributed by atoms with van der Waals surface area (Å²) < 4.78 is 15.3. The number of rotatable bonds is 8. The van der Waals surface area contributed by atoms with E-state index in [9.17, 15) is 35.7 Å². The van der Waals surface area contributed by atoms with Crippen molar-refractivity contribution in [3.05, 3.63) is 0 Å². The van der Waals surface area contributed by atoms with Crippen LogP contribution in [-0.2, 0) is 14.2 Å². The predicted octanol–water partition coefficient (Wildman–Crippen LogP) is -8.34. The normalized spacial score (nSPS) is 41.3. The van der Waals surface area contributed by atoms with Gasteiger partial charge in [0.25, 0.3) is 0 Å². The SMILES string of the molecule is OC[C@@H](O)C(O)[C@H](O)CO.OC[C@H]1O[C@@H](O[C@H]2[C@H](O)[C@@H](O)[C@H](O)O[C@@H]2CO)[C@H](O)[C@@H](O)[C@@H]1O. The van der Waals surface area contributed by atoms with Crippen LogP contribution in [0.4, 0.5) is 0 Å². The molecule has 16 heteroatoms. The number of hydrogen-bond donors (Lipinski definition) is 13. The lowest BCUT2D eigenvalue weighted by molar-refractivity contribution is -0.355. The predicted molar refractivity (Wildman–Crippen MR) is 101 cm³/mol. The van der Waals surface area contributed by atoms with Crippen molar-refractivity contribution in [1.82, 2.24) is 0 Å². The Bertz CT molecular complexity index is 527. The fourth-order valence-corrected chi connectivity index (χ4v) is 3.04. The van der Waals surface area contributed by atoms with Crippen LogP contribution in [0.3, 0.4) is 0 Å². The molecular weight excluding hydrogens is 460 g/mol. The number of aliphatic hydroxyl groups excluding tert-OH is 13. The summed E-state index contributed by atoms with van der Waals surface area (Å²) in [6.45, 7) is -2.63. The van der Waals surface area contributed by atoms with Gasteiger partial charge >= 0.3 is 0 Å². The Hall–Kier alpha value is -0.640. The fourth-order valence-electron chi connectivity index (χ4n) is 3.04. The van der Waals surface area contributed by atoms with Crippen molar-refractivity contribution in [3.8, 4) is 0 Å². The molecule has 2 aliphatic heterocycles. The maximum absolute atomic E-state index is 9.94. The Morgan fingerprint density at radius 1 is 0.606 bits per heavy atom. The van der Waals surface area contributed by atoms with Gasteiger partial charge in [-0.1, -0.05) is 0 Å². The Morgan fingerprint density at radius 3 is 1.58 bits per heavy atom. The molecule has 2 saturated heterocycles. The van der Waals surface area contributed by atoms with Gasteiger partial charge in [0.15, 0.2) is 12.6 Å². The van der Waals surface area contributed by atoms with Gasteiger partial charge in [-0.25, -0.2) is 0 Å². The number of ether oxygens (including phenoxy) is 3. The summed E-state index contributed by atoms with van der Waals surface area (Å²) >= 11 is 0. The smallest absolute Gasteiger partial charge is 0.187 e. The first kappa shape index (κ1) is 30.4. The first-order valence-corrected chi connectivity index (χ1v) is 9.97. The van der Waals surface area contributed by atoms with Gasteiger partial charge in [-0.15, -0.1) is 0 Å². The molecule has 0 bridgehead atoms. The quantitative estimate of drug-likeness (QED) is 0.149. The van der Waals surface area contributed by atoms with E-state index in [1.165, 1.54) is 0 Å². The van der Waals surface area contributed by atoms with Crippen LogP contribution in [0.15, 0.2) is 0 Å². The lowest BCUT2D eigenvalue weighted by atomic mass is 9.97. The van der Waals surface area contributed by atoms with Crippen LogP contribution in [0.2, 0.25) is 0 Å². The first-order valence-electron chi connectivity index (χ1n) is 9.97. The average molecular weight is 494 g/mol. The van der Waals surface area contributed by atoms with E-state index in [2.05, 4.69) is 0 Å². The van der Waals surface area contributed by atoms with Crippen LogP contribution < -0.4 is 0 Å². The lowest BCUT2D eigenvalue weighted by Crippen LogP contribution is -2.64. The van der Waals surface area contributed by atoms with Crippen LogP contribution >= 0.6 is 0 Å². The molecule has 16 nitrogen and oxygen atoms in total. The Balaban J connectivity index is 0.000000461. The Labute approximate surface area is 187 Å². The summed E-state index contributed by atoms with van der Waals surface area (Å²) in [6.07, 6.45) is -19.9. The monoisotopic (exact) mass is 494 g/mol. The second kappa shape index (κ2) is 14.0. The lowest BCUT2D eigenvalue weighted by Gasteiger charge is -2.45. The largest absolute Gasteiger partial charge is 0.394 e. The van der Waals surface area contributed by atoms with Crippen LogP contribution in [0.1, 0.15) is 0 Å². The average Bonchev–Trinajstić information content (AvgIpc) is 2.82. The van der Waals surface area contributed by atoms with Crippen molar-refractivity contribution < 1.29 is 80.6 Å². The van der Waals surface area contributed by atoms with Gasteiger partial charge in [-0.2, -0.15) is 0 Å². The van der Waals surface area contributed by atoms with E-state index >= 15 is 0 Å². The highest BCUT2D eigenvalue weighted by Gasteiger charge is 2.50. The van der Waals surface area contributed by atoms with E-state index in [4.69, 9.17) is 44.8 Å². The highest BCUT2D eigenvalue weighted by molar-refractivity contribution is 4.93. The van der Waals surface area contributed by atoms with Crippen molar-refractivity contribution in [2.75, 3.05) is 26.4 Å². The Morgan fingerprint density at radius 2 is 1.12 bits per heavy atom. The van der Waals surface area contributed by atoms with E-state index < -0.39 is 106 Å². The summed E-state index contributed by atoms with van der Waals surface area (Å²) in [7, 11) is 0. The highest BCUT2D eigenvalue weighted by atomic mass is 16.7. The van der Waals surface area contributed by atoms with Gasteiger partial charge in [-0.05, 0) is 0 Å². The van der Waals surface area contributed by atoms with E-state index in [0.29, 0.717) is 0 Å². The molecular formula is C17H34O16. The van der Waals surface area contributed by atoms with E-state index in [0.717, 1.165) is 0 Å². The maximum atomic E-state index is 9.94. The highest BCUT2D eigenvalue weighted by Crippen LogP contribution is 2.28. The van der Waals surface area contributed by atoms with Crippen molar-refractivity contribution in [3.63, 3.8) is 0 Å². The molecule has 2 aliphatic rings. The molecule has 0 aromatic rings. The maximum Gasteiger partial charge on any atom is 0.187 e. The third-order valence-electron chi connectivity index (χ3n) is 5.14. The molecule has 13 N–H and O–H groups in total. The zero-order chi connectivity index (χ0) is 25.5. The van der Waals surface area contributed by atoms with Crippen molar-refractivity contribution >= 4 is 0 Å². The molecule has 0 aromatic carbocycles. The van der Waals surface area contributed by atoms with Gasteiger partial charge in [0, 0.05) is 0 Å². The topological polar surface area (TPSA) is 291 Å². The molecule has 0 saturated carbocycles. The third-order valence-corrected chi connectivity index (χ3v) is 5.14. The second-order valence-electron chi connectivity index (χ2n) is 7.52. The van der Waals surface area contributed by atoms with E-state index in [1.54, 1.807) is 0 Å². The molecule has 2 heterocycles. The molecule has 12 atom stereocenters. The zero-order valence-electron chi connectivity index (χ0n) is 17.4. The molecule has 0 aromatic heterocycles. The number of aliphatic hydroxyl groups is 13. The zero-order valence-corrected chi connectivity index (χ0v) is 17.4. The molecule has 0 amide bonds. The number of hydrogen-bond acceptors (Lipinski definition) is 16. The molecule has 0 aliphatic carbocycles. The van der Waals surface area contributed by atoms with Crippen molar-refractivity contribution in [1.29, 1.82) is 0 Å². The summed E-state index contributed by atoms with van der Waals surface area (Å²) in [5.74, 6) is 0. The van der Waals surface area contributed by atoms with Gasteiger partial charge in [0.2, 0.25) is 0 Å². The summed E-state index contributed by atoms with van der Waals surface area (Å²) in [5, 5.41) is 119. The molecule has 0 spiro atoms. The second-order valence-corrected chi connectivity index (χ2v) is 7.52. The van der Waals surface area contributed by atoms with Gasteiger partial charge in [-0.3, -0.25) is 0 Å². The fraction of sp³-hybridized carbons (Fsp3) is 1.00. The van der Waals surface area contributed by atoms with Gasteiger partial charge in [0.1, 0.15) is 67.1 Å². The molecule has 2 fully saturated rings. The van der Waals surface area contributed by atoms with Gasteiger partial charge < -0.3 is 80.6 Å². The first-order chi connectivity index (χ1) is 15.4. The molecule has 0 radical (unpaired) electrons. The third kappa shape index (κ3) is 7.67. The molecule has 0 unspecified atom stereocenters. The minimum absolute atomic E-state index is 0.641. The van der Waals surface area contributed by atoms with Crippen LogP contribution in [-0.4, -0.2) is 173 Å². The molecule has 33 heavy (non-hydrogen) atoms. The standard InChI is InChI=1S/C12H22O11.C5H12O5/c13-1-3-5(15)6(16)9(19)12(22-3)23-10-4(2-14)21-11(20)8(18)7(10)17;6-1-3(8)5(10)4(9)2-7/h3-20H,1-2H2;3-10H,1-2H2/t3-,4-,5-,6+,7-,8-,9-,10-,11-,12+;3-,4-/m11/s1. The van der Waals surface area contributed by atoms with E-state index in [1.807, 2.05) is 0 Å². The van der Waals surface area contributed by atoms with Crippen LogP contribution in [0.5, 0.6) is 0 Å². The summed E-state index contributed by atoms with van der Waals surface area (Å²) in [5.41, 5.74) is 0. The summed E-state index contributed by atoms with van der Waals surface area (Å²) in [6, 6.07) is 0. The summed E-state index contributed by atoms with van der Waals surface area (Å²) in [4.78, 5) is 0. The van der Waals surface area contributed by atoms with Crippen molar-refractivity contribution in [2.24, 2.45) is 0 Å². The minimum Gasteiger partial charge on any atom is -0.394 e. The van der Waals surface area contributed by atoms with E-state index in [-0.39, 0.29) is 0 Å². The van der Waals surface area contributed by atoms with Crippen LogP contribution in [0.25, 0.3) is 0 Å². The minimum atomic E-state index is -1.74. The van der Waals surface area contributed by atoms with Crippen LogP contribution in [0, 0.1) is 0 Å².